The molecule has 0 radical (unpaired) electrons. The Morgan fingerprint density at radius 2 is 1.83 bits per heavy atom. The largest absolute Gasteiger partial charge is 0.361 e. The number of nitrogens with zero attached hydrogens (tertiary/aromatic N) is 1. The molecule has 0 saturated carbocycles. The van der Waals surface area contributed by atoms with Crippen LogP contribution in [0.4, 0.5) is 0 Å². The van der Waals surface area contributed by atoms with Crippen molar-refractivity contribution in [1.82, 2.24) is 15.2 Å². The van der Waals surface area contributed by atoms with Crippen LogP contribution in [0.2, 0.25) is 0 Å². The van der Waals surface area contributed by atoms with Crippen molar-refractivity contribution in [1.29, 1.82) is 0 Å². The first-order chi connectivity index (χ1) is 14.3. The average Bonchev–Trinajstić information content (AvgIpc) is 3.25. The number of fused-ring (bicyclic) bond motifs is 2. The maximum atomic E-state index is 13.2. The average molecular weight is 404 g/mol. The Morgan fingerprint density at radius 3 is 2.63 bits per heavy atom. The number of aromatic amines is 1. The van der Waals surface area contributed by atoms with Gasteiger partial charge in [0, 0.05) is 35.8 Å². The first-order valence-corrected chi connectivity index (χ1v) is 10.6. The van der Waals surface area contributed by atoms with Crippen LogP contribution in [0.1, 0.15) is 54.7 Å². The van der Waals surface area contributed by atoms with Crippen molar-refractivity contribution < 1.29 is 9.59 Å². The molecule has 0 spiro atoms. The third kappa shape index (κ3) is 3.97. The Morgan fingerprint density at radius 1 is 1.10 bits per heavy atom. The molecule has 156 valence electrons. The Kier molecular flexibility index (Phi) is 5.37. The maximum Gasteiger partial charge on any atom is 0.255 e. The highest BCUT2D eigenvalue weighted by atomic mass is 16.2. The van der Waals surface area contributed by atoms with Gasteiger partial charge in [-0.1, -0.05) is 57.2 Å². The molecule has 2 aromatic carbocycles. The number of H-pyrrole nitrogens is 1. The Bertz CT molecular complexity index is 1080. The molecule has 30 heavy (non-hydrogen) atoms. The number of aromatic nitrogens is 1. The normalized spacial score (nSPS) is 16.2. The van der Waals surface area contributed by atoms with Gasteiger partial charge in [-0.05, 0) is 41.5 Å². The van der Waals surface area contributed by atoms with Gasteiger partial charge in [0.05, 0.1) is 0 Å². The standard InChI is InChI=1S/C25H29N3O2/c1-25(2,3)13-15-28-22(19-9-4-5-10-20(19)24(28)30)23(29)26-14-12-17-16-27-21-11-7-6-8-18(17)21/h4-11,16,22,27H,12-15H2,1-3H3,(H,26,29). The highest BCUT2D eigenvalue weighted by Crippen LogP contribution is 2.35. The second-order valence-corrected chi connectivity index (χ2v) is 9.20. The van der Waals surface area contributed by atoms with Gasteiger partial charge in [-0.15, -0.1) is 0 Å². The van der Waals surface area contributed by atoms with Crippen LogP contribution in [0.3, 0.4) is 0 Å². The molecule has 1 aromatic heterocycles. The van der Waals surface area contributed by atoms with E-state index in [2.05, 4.69) is 37.1 Å². The predicted molar refractivity (Wildman–Crippen MR) is 119 cm³/mol. The summed E-state index contributed by atoms with van der Waals surface area (Å²) in [6.07, 6.45) is 3.58. The highest BCUT2D eigenvalue weighted by molar-refractivity contribution is 6.04. The molecule has 5 nitrogen and oxygen atoms in total. The van der Waals surface area contributed by atoms with E-state index in [-0.39, 0.29) is 17.2 Å². The van der Waals surface area contributed by atoms with Crippen LogP contribution in [0.15, 0.2) is 54.7 Å². The highest BCUT2D eigenvalue weighted by Gasteiger charge is 2.40. The SMILES string of the molecule is CC(C)(C)CCN1C(=O)c2ccccc2C1C(=O)NCCc1c[nH]c2ccccc12. The van der Waals surface area contributed by atoms with E-state index >= 15 is 0 Å². The zero-order valence-corrected chi connectivity index (χ0v) is 17.9. The molecule has 1 atom stereocenters. The fraction of sp³-hybridized carbons (Fsp3) is 0.360. The van der Waals surface area contributed by atoms with Crippen molar-refractivity contribution in [3.8, 4) is 0 Å². The van der Waals surface area contributed by atoms with Crippen LogP contribution >= 0.6 is 0 Å². The molecule has 1 unspecified atom stereocenters. The minimum absolute atomic E-state index is 0.0494. The van der Waals surface area contributed by atoms with E-state index in [9.17, 15) is 9.59 Å². The van der Waals surface area contributed by atoms with E-state index in [1.165, 1.54) is 10.9 Å². The quantitative estimate of drug-likeness (QED) is 0.638. The third-order valence-corrected chi connectivity index (χ3v) is 5.78. The molecule has 0 fully saturated rings. The molecular formula is C25H29N3O2. The Balaban J connectivity index is 1.48. The number of rotatable bonds is 6. The van der Waals surface area contributed by atoms with Gasteiger partial charge in [-0.2, -0.15) is 0 Å². The van der Waals surface area contributed by atoms with Crippen LogP contribution < -0.4 is 5.32 Å². The number of nitrogens with one attached hydrogen (secondary N) is 2. The summed E-state index contributed by atoms with van der Waals surface area (Å²) in [6.45, 7) is 7.54. The van der Waals surface area contributed by atoms with Gasteiger partial charge >= 0.3 is 0 Å². The summed E-state index contributed by atoms with van der Waals surface area (Å²) in [6, 6.07) is 15.1. The lowest BCUT2D eigenvalue weighted by Crippen LogP contribution is -2.41. The van der Waals surface area contributed by atoms with Crippen molar-refractivity contribution in [2.45, 2.75) is 39.7 Å². The number of hydrogen-bond acceptors (Lipinski definition) is 2. The number of amides is 2. The molecule has 2 N–H and O–H groups in total. The van der Waals surface area contributed by atoms with Crippen molar-refractivity contribution in [2.75, 3.05) is 13.1 Å². The molecule has 0 aliphatic carbocycles. The van der Waals surface area contributed by atoms with Crippen LogP contribution in [0.5, 0.6) is 0 Å². The number of carbonyl (C=O) groups is 2. The first-order valence-electron chi connectivity index (χ1n) is 10.6. The molecule has 0 bridgehead atoms. The zero-order valence-electron chi connectivity index (χ0n) is 17.9. The molecule has 1 aliphatic heterocycles. The monoisotopic (exact) mass is 403 g/mol. The van der Waals surface area contributed by atoms with Crippen molar-refractivity contribution in [3.05, 3.63) is 71.4 Å². The van der Waals surface area contributed by atoms with Gasteiger partial charge < -0.3 is 15.2 Å². The van der Waals surface area contributed by atoms with Gasteiger partial charge in [0.1, 0.15) is 6.04 Å². The zero-order chi connectivity index (χ0) is 21.3. The third-order valence-electron chi connectivity index (χ3n) is 5.78. The summed E-state index contributed by atoms with van der Waals surface area (Å²) in [5, 5.41) is 4.25. The summed E-state index contributed by atoms with van der Waals surface area (Å²) >= 11 is 0. The van der Waals surface area contributed by atoms with Crippen LogP contribution in [-0.2, 0) is 11.2 Å². The molecule has 1 aliphatic rings. The van der Waals surface area contributed by atoms with Crippen molar-refractivity contribution >= 4 is 22.7 Å². The lowest BCUT2D eigenvalue weighted by atomic mass is 9.92. The molecule has 3 aromatic rings. The smallest absolute Gasteiger partial charge is 0.255 e. The predicted octanol–water partition coefficient (Wildman–Crippen LogP) is 4.46. The van der Waals surface area contributed by atoms with E-state index in [1.54, 1.807) is 4.90 Å². The topological polar surface area (TPSA) is 65.2 Å². The Hall–Kier alpha value is -3.08. The number of hydrogen-bond donors (Lipinski definition) is 2. The van der Waals surface area contributed by atoms with Gasteiger partial charge in [-0.3, -0.25) is 9.59 Å². The second-order valence-electron chi connectivity index (χ2n) is 9.20. The van der Waals surface area contributed by atoms with E-state index in [4.69, 9.17) is 0 Å². The summed E-state index contributed by atoms with van der Waals surface area (Å²) < 4.78 is 0. The fourth-order valence-corrected chi connectivity index (χ4v) is 4.09. The minimum atomic E-state index is -0.556. The molecule has 2 heterocycles. The lowest BCUT2D eigenvalue weighted by Gasteiger charge is -2.28. The number of para-hydroxylation sites is 1. The molecule has 2 amide bonds. The van der Waals surface area contributed by atoms with Crippen molar-refractivity contribution in [3.63, 3.8) is 0 Å². The lowest BCUT2D eigenvalue weighted by molar-refractivity contribution is -0.125. The molecular weight excluding hydrogens is 374 g/mol. The van der Waals surface area contributed by atoms with E-state index in [0.717, 1.165) is 23.9 Å². The van der Waals surface area contributed by atoms with E-state index in [1.807, 2.05) is 48.7 Å². The second kappa shape index (κ2) is 7.98. The van der Waals surface area contributed by atoms with E-state index in [0.29, 0.717) is 18.7 Å². The van der Waals surface area contributed by atoms with Gasteiger partial charge in [0.25, 0.3) is 5.91 Å². The van der Waals surface area contributed by atoms with Crippen molar-refractivity contribution in [2.24, 2.45) is 5.41 Å². The fourth-order valence-electron chi connectivity index (χ4n) is 4.09. The summed E-state index contributed by atoms with van der Waals surface area (Å²) in [4.78, 5) is 31.2. The number of carbonyl (C=O) groups excluding carboxylic acids is 2. The van der Waals surface area contributed by atoms with Gasteiger partial charge in [0.15, 0.2) is 0 Å². The van der Waals surface area contributed by atoms with Crippen LogP contribution in [-0.4, -0.2) is 34.8 Å². The molecule has 4 rings (SSSR count). The summed E-state index contributed by atoms with van der Waals surface area (Å²) in [7, 11) is 0. The van der Waals surface area contributed by atoms with Crippen LogP contribution in [0, 0.1) is 5.41 Å². The number of benzene rings is 2. The Labute approximate surface area is 177 Å². The van der Waals surface area contributed by atoms with E-state index < -0.39 is 6.04 Å². The summed E-state index contributed by atoms with van der Waals surface area (Å²) in [5.41, 5.74) is 3.82. The first kappa shape index (κ1) is 20.2. The molecule has 0 saturated heterocycles. The maximum absolute atomic E-state index is 13.2. The van der Waals surface area contributed by atoms with Gasteiger partial charge in [0.2, 0.25) is 5.91 Å². The van der Waals surface area contributed by atoms with Gasteiger partial charge in [-0.25, -0.2) is 0 Å². The molecule has 5 heteroatoms. The minimum Gasteiger partial charge on any atom is -0.361 e. The van der Waals surface area contributed by atoms with Crippen LogP contribution in [0.25, 0.3) is 10.9 Å². The summed E-state index contributed by atoms with van der Waals surface area (Å²) in [5.74, 6) is -0.159.